The van der Waals surface area contributed by atoms with Crippen LogP contribution in [0.4, 0.5) is 8.78 Å². The Balaban J connectivity index is 1.54. The summed E-state index contributed by atoms with van der Waals surface area (Å²) in [4.78, 5) is 12.0. The van der Waals surface area contributed by atoms with Gasteiger partial charge in [0.15, 0.2) is 0 Å². The lowest BCUT2D eigenvalue weighted by atomic mass is 9.82. The Bertz CT molecular complexity index is 556. The molecule has 1 aromatic carbocycles. The van der Waals surface area contributed by atoms with Crippen LogP contribution in [-0.4, -0.2) is 24.2 Å². The van der Waals surface area contributed by atoms with Crippen LogP contribution < -0.4 is 5.32 Å². The van der Waals surface area contributed by atoms with Crippen molar-refractivity contribution in [1.29, 1.82) is 0 Å². The molecular formula is C17H21F2NO2. The van der Waals surface area contributed by atoms with Gasteiger partial charge >= 0.3 is 0 Å². The van der Waals surface area contributed by atoms with Crippen LogP contribution in [0.2, 0.25) is 0 Å². The van der Waals surface area contributed by atoms with Crippen molar-refractivity contribution in [2.24, 2.45) is 0 Å². The van der Waals surface area contributed by atoms with Gasteiger partial charge in [-0.25, -0.2) is 8.78 Å². The first kappa shape index (κ1) is 15.4. The molecule has 120 valence electrons. The number of amides is 1. The number of benzene rings is 1. The zero-order valence-electron chi connectivity index (χ0n) is 12.5. The van der Waals surface area contributed by atoms with E-state index in [1.165, 1.54) is 31.4 Å². The largest absolute Gasteiger partial charge is 0.373 e. The minimum atomic E-state index is -0.679. The normalized spacial score (nSPS) is 23.6. The van der Waals surface area contributed by atoms with Crippen LogP contribution in [0.15, 0.2) is 18.2 Å². The first-order valence-corrected chi connectivity index (χ1v) is 7.94. The minimum absolute atomic E-state index is 0.00545. The van der Waals surface area contributed by atoms with Crippen molar-refractivity contribution in [2.75, 3.05) is 6.61 Å². The van der Waals surface area contributed by atoms with E-state index in [1.54, 1.807) is 0 Å². The van der Waals surface area contributed by atoms with Crippen molar-refractivity contribution in [3.05, 3.63) is 35.4 Å². The predicted octanol–water partition coefficient (Wildman–Crippen LogP) is 3.12. The maximum atomic E-state index is 13.6. The van der Waals surface area contributed by atoms with E-state index in [2.05, 4.69) is 5.32 Å². The number of hydrogen-bond donors (Lipinski definition) is 1. The molecule has 0 bridgehead atoms. The highest BCUT2D eigenvalue weighted by Gasteiger charge is 2.41. The number of carbonyl (C=O) groups excluding carboxylic acids is 1. The standard InChI is InChI=1S/C17H21F2NO2/c18-13-5-4-12(15(19)9-13)8-16(21)20-14-10-17(22-11-14)6-2-1-3-7-17/h4-5,9,14H,1-3,6-8,10-11H2,(H,20,21)/t14-/m1/s1. The van der Waals surface area contributed by atoms with Crippen molar-refractivity contribution < 1.29 is 18.3 Å². The van der Waals surface area contributed by atoms with Gasteiger partial charge in [-0.05, 0) is 30.9 Å². The average molecular weight is 309 g/mol. The molecule has 1 aliphatic heterocycles. The van der Waals surface area contributed by atoms with Crippen LogP contribution in [0, 0.1) is 11.6 Å². The third-order valence-corrected chi connectivity index (χ3v) is 4.71. The van der Waals surface area contributed by atoms with E-state index in [0.29, 0.717) is 6.61 Å². The average Bonchev–Trinajstić information content (AvgIpc) is 2.85. The predicted molar refractivity (Wildman–Crippen MR) is 78.4 cm³/mol. The van der Waals surface area contributed by atoms with Crippen LogP contribution in [0.25, 0.3) is 0 Å². The van der Waals surface area contributed by atoms with Crippen LogP contribution in [0.3, 0.4) is 0 Å². The van der Waals surface area contributed by atoms with Gasteiger partial charge < -0.3 is 10.1 Å². The molecule has 3 rings (SSSR count). The fourth-order valence-corrected chi connectivity index (χ4v) is 3.60. The Kier molecular flexibility index (Phi) is 4.43. The summed E-state index contributed by atoms with van der Waals surface area (Å²) >= 11 is 0. The first-order valence-electron chi connectivity index (χ1n) is 7.94. The van der Waals surface area contributed by atoms with Gasteiger partial charge in [0.2, 0.25) is 5.91 Å². The van der Waals surface area contributed by atoms with Gasteiger partial charge in [0.1, 0.15) is 11.6 Å². The van der Waals surface area contributed by atoms with E-state index in [1.807, 2.05) is 0 Å². The highest BCUT2D eigenvalue weighted by molar-refractivity contribution is 5.79. The molecule has 1 heterocycles. The molecular weight excluding hydrogens is 288 g/mol. The topological polar surface area (TPSA) is 38.3 Å². The number of hydrogen-bond acceptors (Lipinski definition) is 2. The summed E-state index contributed by atoms with van der Waals surface area (Å²) in [5.41, 5.74) is 0.155. The van der Waals surface area contributed by atoms with Crippen LogP contribution >= 0.6 is 0 Å². The lowest BCUT2D eigenvalue weighted by Crippen LogP contribution is -2.38. The third-order valence-electron chi connectivity index (χ3n) is 4.71. The molecule has 1 aliphatic carbocycles. The summed E-state index contributed by atoms with van der Waals surface area (Å²) in [5, 5.41) is 2.92. The molecule has 0 radical (unpaired) electrons. The summed E-state index contributed by atoms with van der Waals surface area (Å²) in [7, 11) is 0. The summed E-state index contributed by atoms with van der Waals surface area (Å²) in [6, 6.07) is 3.28. The molecule has 1 saturated carbocycles. The highest BCUT2D eigenvalue weighted by atomic mass is 19.1. The smallest absolute Gasteiger partial charge is 0.224 e. The molecule has 1 aromatic rings. The number of rotatable bonds is 3. The van der Waals surface area contributed by atoms with Crippen LogP contribution in [0.1, 0.15) is 44.1 Å². The van der Waals surface area contributed by atoms with E-state index in [-0.39, 0.29) is 29.5 Å². The Labute approximate surface area is 129 Å². The van der Waals surface area contributed by atoms with E-state index >= 15 is 0 Å². The minimum Gasteiger partial charge on any atom is -0.373 e. The molecule has 22 heavy (non-hydrogen) atoms. The van der Waals surface area contributed by atoms with Gasteiger partial charge in [-0.3, -0.25) is 4.79 Å². The Morgan fingerprint density at radius 3 is 2.77 bits per heavy atom. The number of halogens is 2. The Morgan fingerprint density at radius 1 is 1.27 bits per heavy atom. The molecule has 1 saturated heterocycles. The number of nitrogens with one attached hydrogen (secondary N) is 1. The zero-order valence-corrected chi connectivity index (χ0v) is 12.5. The van der Waals surface area contributed by atoms with Crippen molar-refractivity contribution in [1.82, 2.24) is 5.32 Å². The summed E-state index contributed by atoms with van der Waals surface area (Å²) in [6.45, 7) is 0.525. The molecule has 1 N–H and O–H groups in total. The molecule has 2 fully saturated rings. The summed E-state index contributed by atoms with van der Waals surface area (Å²) < 4.78 is 32.4. The first-order chi connectivity index (χ1) is 10.6. The van der Waals surface area contributed by atoms with Gasteiger partial charge in [-0.2, -0.15) is 0 Å². The molecule has 1 spiro atoms. The van der Waals surface area contributed by atoms with Gasteiger partial charge in [-0.1, -0.05) is 25.3 Å². The van der Waals surface area contributed by atoms with E-state index in [9.17, 15) is 13.6 Å². The van der Waals surface area contributed by atoms with Crippen molar-refractivity contribution in [3.63, 3.8) is 0 Å². The molecule has 0 aromatic heterocycles. The Morgan fingerprint density at radius 2 is 2.05 bits per heavy atom. The molecule has 1 amide bonds. The second kappa shape index (κ2) is 6.32. The van der Waals surface area contributed by atoms with Crippen LogP contribution in [-0.2, 0) is 16.0 Å². The van der Waals surface area contributed by atoms with E-state index in [0.717, 1.165) is 25.3 Å². The number of ether oxygens (including phenoxy) is 1. The lowest BCUT2D eigenvalue weighted by Gasteiger charge is -2.32. The van der Waals surface area contributed by atoms with Gasteiger partial charge in [0, 0.05) is 6.07 Å². The fraction of sp³-hybridized carbons (Fsp3) is 0.588. The maximum absolute atomic E-state index is 13.6. The third kappa shape index (κ3) is 3.46. The molecule has 0 unspecified atom stereocenters. The van der Waals surface area contributed by atoms with Crippen molar-refractivity contribution >= 4 is 5.91 Å². The molecule has 1 atom stereocenters. The van der Waals surface area contributed by atoms with E-state index in [4.69, 9.17) is 4.74 Å². The Hall–Kier alpha value is -1.49. The van der Waals surface area contributed by atoms with E-state index < -0.39 is 11.6 Å². The zero-order chi connectivity index (χ0) is 15.6. The molecule has 3 nitrogen and oxygen atoms in total. The molecule has 2 aliphatic rings. The highest BCUT2D eigenvalue weighted by Crippen LogP contribution is 2.39. The van der Waals surface area contributed by atoms with Gasteiger partial charge in [-0.15, -0.1) is 0 Å². The second-order valence-corrected chi connectivity index (χ2v) is 6.44. The summed E-state index contributed by atoms with van der Waals surface area (Å²) in [6.07, 6.45) is 6.51. The monoisotopic (exact) mass is 309 g/mol. The molecule has 5 heteroatoms. The SMILES string of the molecule is O=C(Cc1ccc(F)cc1F)N[C@H]1COC2(CCCCC2)C1. The fourth-order valence-electron chi connectivity index (χ4n) is 3.60. The lowest BCUT2D eigenvalue weighted by molar-refractivity contribution is -0.121. The quantitative estimate of drug-likeness (QED) is 0.931. The summed E-state index contributed by atoms with van der Waals surface area (Å²) in [5.74, 6) is -1.56. The maximum Gasteiger partial charge on any atom is 0.224 e. The van der Waals surface area contributed by atoms with Crippen molar-refractivity contribution in [2.45, 2.75) is 56.6 Å². The number of carbonyl (C=O) groups is 1. The van der Waals surface area contributed by atoms with Crippen LogP contribution in [0.5, 0.6) is 0 Å². The van der Waals surface area contributed by atoms with Gasteiger partial charge in [0.05, 0.1) is 24.7 Å². The van der Waals surface area contributed by atoms with Crippen molar-refractivity contribution in [3.8, 4) is 0 Å². The van der Waals surface area contributed by atoms with Gasteiger partial charge in [0.25, 0.3) is 0 Å². The second-order valence-electron chi connectivity index (χ2n) is 6.44.